The van der Waals surface area contributed by atoms with E-state index in [-0.39, 0.29) is 5.75 Å². The summed E-state index contributed by atoms with van der Waals surface area (Å²) in [5.41, 5.74) is 2.57. The highest BCUT2D eigenvalue weighted by Gasteiger charge is 2.21. The average molecular weight is 559 g/mol. The van der Waals surface area contributed by atoms with E-state index in [1.807, 2.05) is 24.3 Å². The van der Waals surface area contributed by atoms with Crippen LogP contribution in [0.15, 0.2) is 98.8 Å². The van der Waals surface area contributed by atoms with E-state index in [1.54, 1.807) is 48.7 Å². The predicted molar refractivity (Wildman–Crippen MR) is 141 cm³/mol. The summed E-state index contributed by atoms with van der Waals surface area (Å²) in [6.45, 7) is 0. The number of fused-ring (bicyclic) bond motifs is 1. The molecule has 0 unspecified atom stereocenters. The second-order valence-corrected chi connectivity index (χ2v) is 8.70. The van der Waals surface area contributed by atoms with Gasteiger partial charge in [0.05, 0.1) is 21.6 Å². The summed E-state index contributed by atoms with van der Waals surface area (Å²) in [6.07, 6.45) is 1.62. The molecule has 0 fully saturated rings. The lowest BCUT2D eigenvalue weighted by Gasteiger charge is -2.07. The molecule has 0 spiro atoms. The van der Waals surface area contributed by atoms with E-state index in [2.05, 4.69) is 25.9 Å². The van der Waals surface area contributed by atoms with Gasteiger partial charge in [-0.15, -0.1) is 0 Å². The largest absolute Gasteiger partial charge is 0.450 e. The molecule has 0 bridgehead atoms. The first-order valence-electron chi connectivity index (χ1n) is 10.8. The Labute approximate surface area is 217 Å². The minimum Gasteiger partial charge on any atom is -0.450 e. The summed E-state index contributed by atoms with van der Waals surface area (Å²) in [5, 5.41) is 22.3. The van der Waals surface area contributed by atoms with Crippen LogP contribution in [0.1, 0.15) is 5.56 Å². The van der Waals surface area contributed by atoms with Gasteiger partial charge in [0, 0.05) is 22.3 Å². The van der Waals surface area contributed by atoms with Gasteiger partial charge in [-0.3, -0.25) is 25.2 Å². The third-order valence-corrected chi connectivity index (χ3v) is 5.73. The van der Waals surface area contributed by atoms with Crippen molar-refractivity contribution in [3.05, 3.63) is 115 Å². The second-order valence-electron chi connectivity index (χ2n) is 7.78. The van der Waals surface area contributed by atoms with Crippen LogP contribution < -0.4 is 4.74 Å². The summed E-state index contributed by atoms with van der Waals surface area (Å²) in [6, 6.07) is 23.0. The molecule has 0 atom stereocenters. The fourth-order valence-corrected chi connectivity index (χ4v) is 3.92. The van der Waals surface area contributed by atoms with Crippen molar-refractivity contribution in [2.75, 3.05) is 0 Å². The molecule has 5 aromatic rings. The van der Waals surface area contributed by atoms with Crippen molar-refractivity contribution in [1.82, 2.24) is 4.98 Å². The van der Waals surface area contributed by atoms with Crippen molar-refractivity contribution in [3.63, 3.8) is 0 Å². The molecule has 0 saturated heterocycles. The lowest BCUT2D eigenvalue weighted by molar-refractivity contribution is -0.394. The van der Waals surface area contributed by atoms with Crippen molar-refractivity contribution in [2.24, 2.45) is 4.99 Å². The number of halogens is 1. The molecule has 0 aliphatic rings. The van der Waals surface area contributed by atoms with Gasteiger partial charge in [-0.1, -0.05) is 34.1 Å². The molecule has 0 amide bonds. The Morgan fingerprint density at radius 2 is 1.76 bits per heavy atom. The maximum Gasteiger partial charge on any atom is 0.318 e. The van der Waals surface area contributed by atoms with Gasteiger partial charge >= 0.3 is 5.69 Å². The Kier molecular flexibility index (Phi) is 6.43. The highest BCUT2D eigenvalue weighted by Crippen LogP contribution is 2.34. The van der Waals surface area contributed by atoms with E-state index in [4.69, 9.17) is 9.15 Å². The number of rotatable bonds is 7. The first-order valence-corrected chi connectivity index (χ1v) is 11.6. The molecule has 37 heavy (non-hydrogen) atoms. The van der Waals surface area contributed by atoms with E-state index in [9.17, 15) is 20.2 Å². The lowest BCUT2D eigenvalue weighted by Crippen LogP contribution is -1.96. The number of non-ortho nitro benzene ring substituents is 1. The molecular formula is C26H15BrN4O6. The van der Waals surface area contributed by atoms with E-state index < -0.39 is 21.2 Å². The van der Waals surface area contributed by atoms with Crippen LogP contribution in [0.25, 0.3) is 22.6 Å². The summed E-state index contributed by atoms with van der Waals surface area (Å²) in [7, 11) is 0. The van der Waals surface area contributed by atoms with Crippen LogP contribution in [0.4, 0.5) is 17.1 Å². The Morgan fingerprint density at radius 1 is 0.919 bits per heavy atom. The predicted octanol–water partition coefficient (Wildman–Crippen LogP) is 7.62. The minimum absolute atomic E-state index is 0.109. The molecule has 5 rings (SSSR count). The minimum atomic E-state index is -0.726. The number of oxazole rings is 1. The van der Waals surface area contributed by atoms with Crippen LogP contribution in [0.2, 0.25) is 0 Å². The van der Waals surface area contributed by atoms with Gasteiger partial charge in [-0.05, 0) is 60.2 Å². The smallest absolute Gasteiger partial charge is 0.318 e. The number of benzene rings is 4. The zero-order valence-corrected chi connectivity index (χ0v) is 20.4. The molecule has 0 N–H and O–H groups in total. The Hall–Kier alpha value is -4.90. The van der Waals surface area contributed by atoms with E-state index in [0.717, 1.165) is 22.2 Å². The molecule has 0 radical (unpaired) electrons. The number of nitro benzene ring substituents is 2. The Balaban J connectivity index is 1.37. The van der Waals surface area contributed by atoms with E-state index >= 15 is 0 Å². The fraction of sp³-hybridized carbons (Fsp3) is 0. The van der Waals surface area contributed by atoms with Gasteiger partial charge in [0.1, 0.15) is 11.3 Å². The Bertz CT molecular complexity index is 1700. The van der Waals surface area contributed by atoms with Crippen molar-refractivity contribution in [1.29, 1.82) is 0 Å². The summed E-state index contributed by atoms with van der Waals surface area (Å²) in [4.78, 5) is 29.9. The first-order chi connectivity index (χ1) is 17.9. The number of aromatic nitrogens is 1. The van der Waals surface area contributed by atoms with Crippen molar-refractivity contribution in [3.8, 4) is 23.0 Å². The zero-order chi connectivity index (χ0) is 25.9. The molecule has 11 heteroatoms. The monoisotopic (exact) mass is 558 g/mol. The molecule has 1 aromatic heterocycles. The van der Waals surface area contributed by atoms with Gasteiger partial charge in [-0.2, -0.15) is 0 Å². The molecule has 0 aliphatic heterocycles. The van der Waals surface area contributed by atoms with E-state index in [0.29, 0.717) is 34.0 Å². The van der Waals surface area contributed by atoms with Crippen LogP contribution in [-0.4, -0.2) is 21.0 Å². The highest BCUT2D eigenvalue weighted by molar-refractivity contribution is 9.10. The van der Waals surface area contributed by atoms with Crippen LogP contribution >= 0.6 is 15.9 Å². The molecule has 4 aromatic carbocycles. The zero-order valence-electron chi connectivity index (χ0n) is 18.8. The lowest BCUT2D eigenvalue weighted by atomic mass is 10.2. The topological polar surface area (TPSA) is 134 Å². The van der Waals surface area contributed by atoms with Crippen LogP contribution in [0.5, 0.6) is 11.5 Å². The van der Waals surface area contributed by atoms with Crippen LogP contribution in [0, 0.1) is 20.2 Å². The SMILES string of the molecule is O=[N+]([O-])c1ccc(Oc2cccc(C=Nc3ccc4oc(-c5cccc(Br)c5)nc4c3)c2)c([N+](=O)[O-])c1. The van der Waals surface area contributed by atoms with Gasteiger partial charge in [-0.25, -0.2) is 4.98 Å². The number of nitro groups is 2. The molecule has 0 aliphatic carbocycles. The maximum absolute atomic E-state index is 11.4. The molecule has 182 valence electrons. The van der Waals surface area contributed by atoms with Gasteiger partial charge in [0.2, 0.25) is 11.6 Å². The van der Waals surface area contributed by atoms with Crippen molar-refractivity contribution in [2.45, 2.75) is 0 Å². The first kappa shape index (κ1) is 23.8. The van der Waals surface area contributed by atoms with Gasteiger partial charge < -0.3 is 9.15 Å². The Morgan fingerprint density at radius 3 is 2.54 bits per heavy atom. The van der Waals surface area contributed by atoms with Crippen LogP contribution in [-0.2, 0) is 0 Å². The normalized spacial score (nSPS) is 11.2. The van der Waals surface area contributed by atoms with Gasteiger partial charge in [0.15, 0.2) is 5.58 Å². The van der Waals surface area contributed by atoms with Crippen LogP contribution in [0.3, 0.4) is 0 Å². The molecule has 1 heterocycles. The number of aliphatic imine (C=N–C) groups is 1. The second kappa shape index (κ2) is 9.99. The van der Waals surface area contributed by atoms with Gasteiger partial charge in [0.25, 0.3) is 5.69 Å². The number of ether oxygens (including phenoxy) is 1. The number of hydrogen-bond acceptors (Lipinski definition) is 8. The third kappa shape index (κ3) is 5.36. The van der Waals surface area contributed by atoms with Crippen molar-refractivity contribution >= 4 is 50.3 Å². The molecular weight excluding hydrogens is 544 g/mol. The number of hydrogen-bond donors (Lipinski definition) is 0. The van der Waals surface area contributed by atoms with Crippen molar-refractivity contribution < 1.29 is 19.0 Å². The summed E-state index contributed by atoms with van der Waals surface area (Å²) < 4.78 is 12.4. The standard InChI is InChI=1S/C26H15BrN4O6/c27-18-5-2-4-17(12-18)26-29-22-13-19(7-9-24(22)37-26)28-15-16-3-1-6-21(11-16)36-25-10-8-20(30(32)33)14-23(25)31(34)35/h1-15H. The molecule has 10 nitrogen and oxygen atoms in total. The highest BCUT2D eigenvalue weighted by atomic mass is 79.9. The molecule has 0 saturated carbocycles. The summed E-state index contributed by atoms with van der Waals surface area (Å²) in [5.74, 6) is 0.705. The van der Waals surface area contributed by atoms with E-state index in [1.165, 1.54) is 6.07 Å². The average Bonchev–Trinajstić information content (AvgIpc) is 3.31. The fourth-order valence-electron chi connectivity index (χ4n) is 3.52. The summed E-state index contributed by atoms with van der Waals surface area (Å²) >= 11 is 3.45. The number of nitrogens with zero attached hydrogens (tertiary/aromatic N) is 4. The maximum atomic E-state index is 11.4. The third-order valence-electron chi connectivity index (χ3n) is 5.24. The quantitative estimate of drug-likeness (QED) is 0.114.